The number of amides is 2. The lowest BCUT2D eigenvalue weighted by Crippen LogP contribution is -2.58. The van der Waals surface area contributed by atoms with Gasteiger partial charge in [0.1, 0.15) is 17.7 Å². The van der Waals surface area contributed by atoms with E-state index in [-0.39, 0.29) is 23.2 Å². The molecule has 0 aromatic rings. The molecular weight excluding hydrogens is 348 g/mol. The molecule has 1 aliphatic heterocycles. The molecule has 1 saturated heterocycles. The van der Waals surface area contributed by atoms with E-state index in [1.165, 1.54) is 7.11 Å². The highest BCUT2D eigenvalue weighted by Gasteiger charge is 2.70. The van der Waals surface area contributed by atoms with Crippen molar-refractivity contribution in [2.24, 2.45) is 22.7 Å². The Morgan fingerprint density at radius 2 is 1.67 bits per heavy atom. The molecule has 7 nitrogen and oxygen atoms in total. The molecule has 7 heteroatoms. The smallest absolute Gasteiger partial charge is 0.408 e. The topological polar surface area (TPSA) is 84.9 Å². The number of nitrogens with one attached hydrogen (secondary N) is 1. The number of esters is 1. The Labute approximate surface area is 162 Å². The van der Waals surface area contributed by atoms with Crippen molar-refractivity contribution >= 4 is 18.0 Å². The fourth-order valence-electron chi connectivity index (χ4n) is 4.14. The zero-order chi connectivity index (χ0) is 20.9. The number of nitrogens with zero attached hydrogens (tertiary/aromatic N) is 1. The lowest BCUT2D eigenvalue weighted by atomic mass is 9.85. The highest BCUT2D eigenvalue weighted by Crippen LogP contribution is 2.65. The van der Waals surface area contributed by atoms with Crippen molar-refractivity contribution in [1.82, 2.24) is 10.2 Å². The minimum absolute atomic E-state index is 0.0193. The number of carbonyl (C=O) groups is 3. The number of methoxy groups -OCH3 is 1. The highest BCUT2D eigenvalue weighted by atomic mass is 16.6. The van der Waals surface area contributed by atoms with Gasteiger partial charge in [-0.2, -0.15) is 0 Å². The number of alkyl carbamates (subject to hydrolysis) is 1. The molecule has 0 bridgehead atoms. The van der Waals surface area contributed by atoms with Gasteiger partial charge < -0.3 is 19.7 Å². The van der Waals surface area contributed by atoms with Crippen LogP contribution in [0.25, 0.3) is 0 Å². The van der Waals surface area contributed by atoms with Crippen LogP contribution in [0.4, 0.5) is 4.79 Å². The first-order valence-corrected chi connectivity index (χ1v) is 9.49. The summed E-state index contributed by atoms with van der Waals surface area (Å²) in [7, 11) is 1.34. The van der Waals surface area contributed by atoms with Gasteiger partial charge in [-0.25, -0.2) is 9.59 Å². The van der Waals surface area contributed by atoms with Crippen molar-refractivity contribution in [3.63, 3.8) is 0 Å². The highest BCUT2D eigenvalue weighted by molar-refractivity contribution is 5.91. The van der Waals surface area contributed by atoms with E-state index in [0.717, 1.165) is 0 Å². The Morgan fingerprint density at radius 3 is 2.11 bits per heavy atom. The van der Waals surface area contributed by atoms with E-state index in [1.807, 2.05) is 20.8 Å². The van der Waals surface area contributed by atoms with Crippen LogP contribution in [0.2, 0.25) is 0 Å². The van der Waals surface area contributed by atoms with E-state index in [0.29, 0.717) is 6.54 Å². The molecule has 2 amide bonds. The lowest BCUT2D eigenvalue weighted by molar-refractivity contribution is -0.154. The monoisotopic (exact) mass is 382 g/mol. The van der Waals surface area contributed by atoms with Crippen molar-refractivity contribution in [2.75, 3.05) is 13.7 Å². The Balaban J connectivity index is 2.23. The van der Waals surface area contributed by atoms with Gasteiger partial charge in [0.05, 0.1) is 7.11 Å². The number of piperidine rings is 1. The van der Waals surface area contributed by atoms with E-state index < -0.39 is 35.2 Å². The van der Waals surface area contributed by atoms with Crippen molar-refractivity contribution in [1.29, 1.82) is 0 Å². The summed E-state index contributed by atoms with van der Waals surface area (Å²) < 4.78 is 10.3. The summed E-state index contributed by atoms with van der Waals surface area (Å²) in [6.45, 7) is 15.7. The Bertz CT molecular complexity index is 629. The molecule has 0 unspecified atom stereocenters. The zero-order valence-electron chi connectivity index (χ0n) is 18.0. The fraction of sp³-hybridized carbons (Fsp3) is 0.850. The number of hydrogen-bond acceptors (Lipinski definition) is 5. The Hall–Kier alpha value is -1.79. The molecule has 0 aromatic carbocycles. The summed E-state index contributed by atoms with van der Waals surface area (Å²) in [5.41, 5.74) is -1.19. The molecular formula is C20H34N2O5. The second kappa shape index (κ2) is 6.67. The van der Waals surface area contributed by atoms with Crippen LogP contribution < -0.4 is 5.32 Å². The van der Waals surface area contributed by atoms with E-state index in [4.69, 9.17) is 9.47 Å². The molecule has 1 aliphatic carbocycles. The first-order valence-electron chi connectivity index (χ1n) is 9.49. The summed E-state index contributed by atoms with van der Waals surface area (Å²) in [6.07, 6.45) is -0.643. The maximum Gasteiger partial charge on any atom is 0.408 e. The minimum atomic E-state index is -0.805. The number of ether oxygens (including phenoxy) is 2. The number of carbonyl (C=O) groups excluding carboxylic acids is 3. The van der Waals surface area contributed by atoms with Crippen LogP contribution in [-0.2, 0) is 19.1 Å². The first-order chi connectivity index (χ1) is 12.1. The number of fused-ring (bicyclic) bond motifs is 1. The van der Waals surface area contributed by atoms with E-state index in [1.54, 1.807) is 25.7 Å². The quantitative estimate of drug-likeness (QED) is 0.759. The minimum Gasteiger partial charge on any atom is -0.467 e. The first kappa shape index (κ1) is 21.5. The van der Waals surface area contributed by atoms with E-state index >= 15 is 0 Å². The van der Waals surface area contributed by atoms with Crippen molar-refractivity contribution < 1.29 is 23.9 Å². The molecule has 0 aromatic heterocycles. The van der Waals surface area contributed by atoms with Crippen LogP contribution in [0.3, 0.4) is 0 Å². The van der Waals surface area contributed by atoms with Crippen LogP contribution in [0.5, 0.6) is 0 Å². The van der Waals surface area contributed by atoms with Gasteiger partial charge in [0.25, 0.3) is 0 Å². The third-order valence-electron chi connectivity index (χ3n) is 5.71. The normalized spacial score (nSPS) is 27.4. The van der Waals surface area contributed by atoms with Gasteiger partial charge in [-0.15, -0.1) is 0 Å². The largest absolute Gasteiger partial charge is 0.467 e. The van der Waals surface area contributed by atoms with Gasteiger partial charge in [0.2, 0.25) is 5.91 Å². The SMILES string of the molecule is COC(=O)[C@@H]1[C@H]2[C@@H](CN1C(=O)[C@@H](NC(=O)OC(C)(C)C)C(C)(C)C)C2(C)C. The van der Waals surface area contributed by atoms with Gasteiger partial charge in [0.15, 0.2) is 0 Å². The molecule has 2 rings (SSSR count). The molecule has 154 valence electrons. The summed E-state index contributed by atoms with van der Waals surface area (Å²) in [5.74, 6) is -0.304. The number of rotatable bonds is 3. The van der Waals surface area contributed by atoms with E-state index in [2.05, 4.69) is 19.2 Å². The Morgan fingerprint density at radius 1 is 1.11 bits per heavy atom. The summed E-state index contributed by atoms with van der Waals surface area (Å²) in [6, 6.07) is -1.41. The molecule has 1 heterocycles. The molecule has 27 heavy (non-hydrogen) atoms. The second-order valence-corrected chi connectivity index (χ2v) is 10.4. The van der Waals surface area contributed by atoms with E-state index in [9.17, 15) is 14.4 Å². The van der Waals surface area contributed by atoms with Crippen LogP contribution >= 0.6 is 0 Å². The average Bonchev–Trinajstić information content (AvgIpc) is 2.85. The predicted molar refractivity (Wildman–Crippen MR) is 101 cm³/mol. The summed E-state index contributed by atoms with van der Waals surface area (Å²) in [4.78, 5) is 39.6. The van der Waals surface area contributed by atoms with Crippen LogP contribution in [-0.4, -0.2) is 54.2 Å². The predicted octanol–water partition coefficient (Wildman–Crippen LogP) is 2.58. The maximum absolute atomic E-state index is 13.3. The standard InChI is InChI=1S/C20H34N2O5/c1-18(2,3)14(21-17(25)27-19(4,5)6)15(23)22-10-11-12(20(11,7)8)13(22)16(24)26-9/h11-14H,10H2,1-9H3,(H,21,25)/t11-,12-,13+,14-/m1/s1. The van der Waals surface area contributed by atoms with Gasteiger partial charge in [-0.05, 0) is 37.5 Å². The molecule has 2 aliphatic rings. The van der Waals surface area contributed by atoms with Crippen molar-refractivity contribution in [3.05, 3.63) is 0 Å². The molecule has 0 radical (unpaired) electrons. The zero-order valence-corrected chi connectivity index (χ0v) is 18.0. The molecule has 2 fully saturated rings. The second-order valence-electron chi connectivity index (χ2n) is 10.4. The Kier molecular flexibility index (Phi) is 5.32. The van der Waals surface area contributed by atoms with Crippen molar-refractivity contribution in [2.45, 2.75) is 73.1 Å². The maximum atomic E-state index is 13.3. The molecule has 1 saturated carbocycles. The van der Waals surface area contributed by atoms with Crippen LogP contribution in [0, 0.1) is 22.7 Å². The molecule has 1 N–H and O–H groups in total. The molecule has 0 spiro atoms. The van der Waals surface area contributed by atoms with Gasteiger partial charge in [-0.3, -0.25) is 4.79 Å². The number of hydrogen-bond donors (Lipinski definition) is 1. The molecule has 4 atom stereocenters. The van der Waals surface area contributed by atoms with Crippen LogP contribution in [0.1, 0.15) is 55.4 Å². The third-order valence-corrected chi connectivity index (χ3v) is 5.71. The van der Waals surface area contributed by atoms with Crippen LogP contribution in [0.15, 0.2) is 0 Å². The van der Waals surface area contributed by atoms with Gasteiger partial charge >= 0.3 is 12.1 Å². The van der Waals surface area contributed by atoms with Gasteiger partial charge in [-0.1, -0.05) is 34.6 Å². The summed E-state index contributed by atoms with van der Waals surface area (Å²) >= 11 is 0. The summed E-state index contributed by atoms with van der Waals surface area (Å²) in [5, 5.41) is 2.71. The average molecular weight is 383 g/mol. The van der Waals surface area contributed by atoms with Gasteiger partial charge in [0, 0.05) is 12.5 Å². The van der Waals surface area contributed by atoms with Crippen molar-refractivity contribution in [3.8, 4) is 0 Å². The number of likely N-dealkylation sites (tertiary alicyclic amines) is 1. The lowest BCUT2D eigenvalue weighted by Gasteiger charge is -2.37. The third kappa shape index (κ3) is 4.22. The fourth-order valence-corrected chi connectivity index (χ4v) is 4.14.